The Kier molecular flexibility index (Phi) is 5.58. The Morgan fingerprint density at radius 3 is 2.23 bits per heavy atom. The summed E-state index contributed by atoms with van der Waals surface area (Å²) in [5.74, 6) is -2.52. The zero-order valence-electron chi connectivity index (χ0n) is 19.0. The van der Waals surface area contributed by atoms with E-state index in [1.54, 1.807) is 12.1 Å². The first-order valence-corrected chi connectivity index (χ1v) is 11.4. The first-order valence-electron chi connectivity index (χ1n) is 11.4. The van der Waals surface area contributed by atoms with Crippen LogP contribution in [0.1, 0.15) is 40.0 Å². The maximum Gasteiger partial charge on any atom is 0.273 e. The third kappa shape index (κ3) is 3.74. The van der Waals surface area contributed by atoms with Gasteiger partial charge in [0, 0.05) is 23.3 Å². The molecule has 1 aliphatic heterocycles. The summed E-state index contributed by atoms with van der Waals surface area (Å²) < 4.78 is 5.11. The van der Waals surface area contributed by atoms with Crippen molar-refractivity contribution in [2.75, 3.05) is 13.7 Å². The lowest BCUT2D eigenvalue weighted by atomic mass is 9.81. The Morgan fingerprint density at radius 1 is 1.03 bits per heavy atom. The molecule has 2 aromatic rings. The molecular formula is C25H23N3O7. The van der Waals surface area contributed by atoms with Gasteiger partial charge < -0.3 is 4.74 Å². The van der Waals surface area contributed by atoms with E-state index in [0.29, 0.717) is 5.75 Å². The number of non-ortho nitro benzene ring substituents is 1. The van der Waals surface area contributed by atoms with Crippen LogP contribution in [0.25, 0.3) is 0 Å². The summed E-state index contributed by atoms with van der Waals surface area (Å²) in [4.78, 5) is 64.1. The molecule has 2 bridgehead atoms. The van der Waals surface area contributed by atoms with E-state index in [1.165, 1.54) is 37.4 Å². The number of hydrogen-bond acceptors (Lipinski definition) is 7. The molecule has 0 radical (unpaired) electrons. The van der Waals surface area contributed by atoms with Crippen LogP contribution in [0.4, 0.5) is 5.69 Å². The predicted octanol–water partition coefficient (Wildman–Crippen LogP) is 2.87. The van der Waals surface area contributed by atoms with Crippen molar-refractivity contribution in [2.45, 2.75) is 19.3 Å². The second-order valence-electron chi connectivity index (χ2n) is 9.19. The van der Waals surface area contributed by atoms with Crippen LogP contribution < -0.4 is 4.74 Å². The molecule has 0 unspecified atom stereocenters. The lowest BCUT2D eigenvalue weighted by molar-refractivity contribution is -0.384. The van der Waals surface area contributed by atoms with E-state index in [4.69, 9.17) is 4.74 Å². The number of hydrazine groups is 1. The number of amides is 3. The van der Waals surface area contributed by atoms with Crippen molar-refractivity contribution >= 4 is 29.2 Å². The second-order valence-corrected chi connectivity index (χ2v) is 9.19. The van der Waals surface area contributed by atoms with Crippen molar-refractivity contribution in [3.63, 3.8) is 0 Å². The number of rotatable bonds is 7. The van der Waals surface area contributed by atoms with Gasteiger partial charge >= 0.3 is 0 Å². The molecule has 3 amide bonds. The van der Waals surface area contributed by atoms with Crippen LogP contribution in [0.15, 0.2) is 48.5 Å². The van der Waals surface area contributed by atoms with Crippen molar-refractivity contribution in [2.24, 2.45) is 23.7 Å². The van der Waals surface area contributed by atoms with Crippen molar-refractivity contribution < 1.29 is 28.8 Å². The summed E-state index contributed by atoms with van der Waals surface area (Å²) in [5.41, 5.74) is -0.143. The smallest absolute Gasteiger partial charge is 0.273 e. The number of nitro groups is 1. The van der Waals surface area contributed by atoms with E-state index in [0.717, 1.165) is 35.3 Å². The molecule has 4 atom stereocenters. The number of benzene rings is 2. The molecule has 3 aliphatic rings. The number of fused-ring (bicyclic) bond motifs is 5. The van der Waals surface area contributed by atoms with Gasteiger partial charge in [-0.2, -0.15) is 5.01 Å². The van der Waals surface area contributed by atoms with Gasteiger partial charge in [0.15, 0.2) is 5.78 Å². The molecule has 180 valence electrons. The Labute approximate surface area is 200 Å². The third-order valence-electron chi connectivity index (χ3n) is 7.39. The second kappa shape index (κ2) is 8.61. The van der Waals surface area contributed by atoms with Crippen LogP contribution in [0.3, 0.4) is 0 Å². The highest BCUT2D eigenvalue weighted by Gasteiger charge is 2.62. The van der Waals surface area contributed by atoms with E-state index in [9.17, 15) is 29.3 Å². The molecule has 2 aliphatic carbocycles. The van der Waals surface area contributed by atoms with E-state index in [-0.39, 0.29) is 28.7 Å². The summed E-state index contributed by atoms with van der Waals surface area (Å²) in [6, 6.07) is 11.2. The van der Waals surface area contributed by atoms with Gasteiger partial charge in [-0.05, 0) is 61.4 Å². The molecule has 1 saturated heterocycles. The fraction of sp³-hybridized carbons (Fsp3) is 0.360. The minimum absolute atomic E-state index is 0.0950. The number of ether oxygens (including phenoxy) is 1. The van der Waals surface area contributed by atoms with Crippen LogP contribution in [-0.4, -0.2) is 52.1 Å². The number of nitro benzene ring substituents is 1. The highest BCUT2D eigenvalue weighted by molar-refractivity contribution is 6.10. The number of imide groups is 1. The van der Waals surface area contributed by atoms with Crippen LogP contribution in [0.5, 0.6) is 5.75 Å². The molecule has 5 rings (SSSR count). The van der Waals surface area contributed by atoms with Gasteiger partial charge in [-0.25, -0.2) is 5.01 Å². The summed E-state index contributed by atoms with van der Waals surface area (Å²) in [6.45, 7) is -0.569. The van der Waals surface area contributed by atoms with Gasteiger partial charge in [-0.15, -0.1) is 0 Å². The number of Topliss-reactive ketones (excluding diaryl/α,β-unsaturated/α-hetero) is 1. The molecule has 0 aromatic heterocycles. The minimum atomic E-state index is -0.829. The van der Waals surface area contributed by atoms with E-state index < -0.39 is 46.8 Å². The predicted molar refractivity (Wildman–Crippen MR) is 121 cm³/mol. The zero-order valence-corrected chi connectivity index (χ0v) is 19.0. The van der Waals surface area contributed by atoms with Crippen molar-refractivity contribution in [1.29, 1.82) is 0 Å². The van der Waals surface area contributed by atoms with Gasteiger partial charge in [-0.3, -0.25) is 29.3 Å². The fourth-order valence-corrected chi connectivity index (χ4v) is 5.77. The Balaban J connectivity index is 1.50. The monoisotopic (exact) mass is 477 g/mol. The highest BCUT2D eigenvalue weighted by atomic mass is 16.6. The third-order valence-corrected chi connectivity index (χ3v) is 7.39. The maximum absolute atomic E-state index is 13.5. The normalized spacial score (nSPS) is 24.4. The first-order chi connectivity index (χ1) is 16.8. The van der Waals surface area contributed by atoms with Gasteiger partial charge in [0.2, 0.25) is 0 Å². The molecule has 0 spiro atoms. The van der Waals surface area contributed by atoms with Crippen LogP contribution >= 0.6 is 0 Å². The minimum Gasteiger partial charge on any atom is -0.497 e. The Morgan fingerprint density at radius 2 is 1.66 bits per heavy atom. The average Bonchev–Trinajstić information content (AvgIpc) is 3.56. The van der Waals surface area contributed by atoms with Crippen molar-refractivity contribution in [3.8, 4) is 5.75 Å². The first kappa shape index (κ1) is 22.7. The standard InChI is InChI=1S/C25H23N3O7/c1-35-19-9-7-14(8-10-19)20(29)13-26(23(30)17-3-2-4-18(12-17)28(33)34)27-24(31)21-15-5-6-16(11-15)22(21)25(27)32/h2-4,7-10,12,15-16,21-22H,5-6,11,13H2,1H3/t15-,16-,21-,22-/m0/s1. The van der Waals surface area contributed by atoms with Crippen LogP contribution in [-0.2, 0) is 9.59 Å². The number of methoxy groups -OCH3 is 1. The number of carbonyl (C=O) groups is 4. The maximum atomic E-state index is 13.5. The molecule has 2 aromatic carbocycles. The summed E-state index contributed by atoms with van der Waals surface area (Å²) in [6.07, 6.45) is 2.55. The van der Waals surface area contributed by atoms with E-state index in [2.05, 4.69) is 0 Å². The van der Waals surface area contributed by atoms with E-state index >= 15 is 0 Å². The molecular weight excluding hydrogens is 454 g/mol. The van der Waals surface area contributed by atoms with Gasteiger partial charge in [-0.1, -0.05) is 6.07 Å². The number of hydrogen-bond donors (Lipinski definition) is 0. The van der Waals surface area contributed by atoms with Gasteiger partial charge in [0.25, 0.3) is 23.4 Å². The molecule has 10 heteroatoms. The molecule has 35 heavy (non-hydrogen) atoms. The summed E-state index contributed by atoms with van der Waals surface area (Å²) >= 11 is 0. The molecule has 2 saturated carbocycles. The summed E-state index contributed by atoms with van der Waals surface area (Å²) in [5, 5.41) is 12.9. The topological polar surface area (TPSA) is 127 Å². The molecule has 3 fully saturated rings. The quantitative estimate of drug-likeness (QED) is 0.260. The van der Waals surface area contributed by atoms with Crippen molar-refractivity contribution in [3.05, 3.63) is 69.8 Å². The zero-order chi connectivity index (χ0) is 24.9. The highest BCUT2D eigenvalue weighted by Crippen LogP contribution is 2.56. The summed E-state index contributed by atoms with van der Waals surface area (Å²) in [7, 11) is 1.49. The van der Waals surface area contributed by atoms with Crippen molar-refractivity contribution in [1.82, 2.24) is 10.0 Å². The fourth-order valence-electron chi connectivity index (χ4n) is 5.77. The number of ketones is 1. The SMILES string of the molecule is COc1ccc(C(=O)CN(C(=O)c2cccc([N+](=O)[O-])c2)N2C(=O)[C@H]3[C@H]4CC[C@@H](C4)[C@@H]3C2=O)cc1. The lowest BCUT2D eigenvalue weighted by Crippen LogP contribution is -2.52. The Bertz CT molecular complexity index is 1210. The largest absolute Gasteiger partial charge is 0.497 e. The van der Waals surface area contributed by atoms with Gasteiger partial charge in [0.1, 0.15) is 12.3 Å². The van der Waals surface area contributed by atoms with Crippen LogP contribution in [0, 0.1) is 33.8 Å². The molecule has 1 heterocycles. The Hall–Kier alpha value is -4.08. The average molecular weight is 477 g/mol. The number of nitrogens with zero attached hydrogens (tertiary/aromatic N) is 3. The molecule has 0 N–H and O–H groups in total. The lowest BCUT2D eigenvalue weighted by Gasteiger charge is -2.30. The van der Waals surface area contributed by atoms with Crippen LogP contribution in [0.2, 0.25) is 0 Å². The molecule has 10 nitrogen and oxygen atoms in total. The number of carbonyl (C=O) groups excluding carboxylic acids is 4. The van der Waals surface area contributed by atoms with E-state index in [1.807, 2.05) is 0 Å². The van der Waals surface area contributed by atoms with Gasteiger partial charge in [0.05, 0.1) is 23.9 Å².